The topological polar surface area (TPSA) is 71.9 Å². The van der Waals surface area contributed by atoms with Crippen LogP contribution in [0.15, 0.2) is 18.4 Å². The standard InChI is InChI=1S/C17H24N2O4/c1-17(2,3)23-16(21)19-9-4-5-13-6-7-14(18-15(13)19)8-11-22-12-10-20/h6-8,11,20H,4-5,9-10,12H2,1-3H3/b11-8+. The molecule has 2 rings (SSSR count). The first-order valence-electron chi connectivity index (χ1n) is 7.80. The zero-order chi connectivity index (χ0) is 16.9. The van der Waals surface area contributed by atoms with Crippen molar-refractivity contribution in [2.75, 3.05) is 24.7 Å². The Bertz CT molecular complexity index is 578. The highest BCUT2D eigenvalue weighted by atomic mass is 16.6. The minimum Gasteiger partial charge on any atom is -0.499 e. The number of aryl methyl sites for hydroxylation is 1. The smallest absolute Gasteiger partial charge is 0.416 e. The van der Waals surface area contributed by atoms with Crippen LogP contribution in [0.4, 0.5) is 10.6 Å². The van der Waals surface area contributed by atoms with Crippen LogP contribution in [0.25, 0.3) is 6.08 Å². The van der Waals surface area contributed by atoms with E-state index < -0.39 is 5.60 Å². The quantitative estimate of drug-likeness (QED) is 0.682. The van der Waals surface area contributed by atoms with E-state index in [2.05, 4.69) is 4.98 Å². The first-order chi connectivity index (χ1) is 10.9. The summed E-state index contributed by atoms with van der Waals surface area (Å²) in [7, 11) is 0. The average Bonchev–Trinajstić information content (AvgIpc) is 2.49. The SMILES string of the molecule is CC(C)(C)OC(=O)N1CCCc2ccc(/C=C/OCCO)nc21. The monoisotopic (exact) mass is 320 g/mol. The van der Waals surface area contributed by atoms with E-state index >= 15 is 0 Å². The van der Waals surface area contributed by atoms with Gasteiger partial charge in [0.25, 0.3) is 0 Å². The number of aliphatic hydroxyl groups is 1. The molecule has 1 aliphatic rings. The van der Waals surface area contributed by atoms with Gasteiger partial charge >= 0.3 is 6.09 Å². The Kier molecular flexibility index (Phi) is 5.60. The average molecular weight is 320 g/mol. The molecule has 2 heterocycles. The van der Waals surface area contributed by atoms with E-state index in [-0.39, 0.29) is 19.3 Å². The van der Waals surface area contributed by atoms with Crippen molar-refractivity contribution in [3.8, 4) is 0 Å². The summed E-state index contributed by atoms with van der Waals surface area (Å²) in [6.45, 7) is 6.35. The molecular formula is C17H24N2O4. The van der Waals surface area contributed by atoms with Crippen LogP contribution in [0.1, 0.15) is 38.4 Å². The van der Waals surface area contributed by atoms with E-state index in [0.717, 1.165) is 18.4 Å². The van der Waals surface area contributed by atoms with Crippen molar-refractivity contribution in [2.24, 2.45) is 0 Å². The van der Waals surface area contributed by atoms with Crippen molar-refractivity contribution in [3.05, 3.63) is 29.7 Å². The molecule has 1 aliphatic heterocycles. The molecule has 0 fully saturated rings. The van der Waals surface area contributed by atoms with Crippen LogP contribution in [0.2, 0.25) is 0 Å². The molecule has 1 amide bonds. The number of fused-ring (bicyclic) bond motifs is 1. The zero-order valence-corrected chi connectivity index (χ0v) is 13.9. The Balaban J connectivity index is 2.18. The number of hydrogen-bond donors (Lipinski definition) is 1. The minimum atomic E-state index is -0.537. The maximum absolute atomic E-state index is 12.4. The van der Waals surface area contributed by atoms with E-state index in [1.807, 2.05) is 32.9 Å². The van der Waals surface area contributed by atoms with Crippen molar-refractivity contribution in [2.45, 2.75) is 39.2 Å². The fourth-order valence-electron chi connectivity index (χ4n) is 2.28. The minimum absolute atomic E-state index is 0.0334. The van der Waals surface area contributed by atoms with Crippen LogP contribution in [-0.4, -0.2) is 41.5 Å². The molecule has 0 atom stereocenters. The highest BCUT2D eigenvalue weighted by Crippen LogP contribution is 2.27. The molecule has 0 aromatic carbocycles. The number of amides is 1. The molecule has 0 spiro atoms. The van der Waals surface area contributed by atoms with Gasteiger partial charge in [-0.25, -0.2) is 9.78 Å². The summed E-state index contributed by atoms with van der Waals surface area (Å²) in [6, 6.07) is 3.86. The zero-order valence-electron chi connectivity index (χ0n) is 13.9. The summed E-state index contributed by atoms with van der Waals surface area (Å²) in [4.78, 5) is 18.5. The van der Waals surface area contributed by atoms with Crippen molar-refractivity contribution >= 4 is 18.0 Å². The van der Waals surface area contributed by atoms with Gasteiger partial charge in [-0.3, -0.25) is 4.90 Å². The number of carbonyl (C=O) groups excluding carboxylic acids is 1. The molecular weight excluding hydrogens is 296 g/mol. The first kappa shape index (κ1) is 17.3. The van der Waals surface area contributed by atoms with Gasteiger partial charge in [0.05, 0.1) is 18.6 Å². The lowest BCUT2D eigenvalue weighted by Gasteiger charge is -2.30. The summed E-state index contributed by atoms with van der Waals surface area (Å²) in [5, 5.41) is 8.68. The summed E-state index contributed by atoms with van der Waals surface area (Å²) in [5.74, 6) is 0.648. The lowest BCUT2D eigenvalue weighted by atomic mass is 10.1. The molecule has 6 nitrogen and oxygen atoms in total. The second-order valence-corrected chi connectivity index (χ2v) is 6.35. The molecule has 1 aromatic rings. The van der Waals surface area contributed by atoms with E-state index in [1.54, 1.807) is 11.0 Å². The van der Waals surface area contributed by atoms with Crippen LogP contribution in [0, 0.1) is 0 Å². The third-order valence-electron chi connectivity index (χ3n) is 3.22. The third-order valence-corrected chi connectivity index (χ3v) is 3.22. The predicted molar refractivity (Wildman–Crippen MR) is 88.2 cm³/mol. The largest absolute Gasteiger partial charge is 0.499 e. The summed E-state index contributed by atoms with van der Waals surface area (Å²) in [6.07, 6.45) is 4.61. The molecule has 0 saturated carbocycles. The van der Waals surface area contributed by atoms with E-state index in [1.165, 1.54) is 6.26 Å². The number of carbonyl (C=O) groups is 1. The molecule has 23 heavy (non-hydrogen) atoms. The van der Waals surface area contributed by atoms with Gasteiger partial charge in [0.1, 0.15) is 18.0 Å². The summed E-state index contributed by atoms with van der Waals surface area (Å²) < 4.78 is 10.6. The van der Waals surface area contributed by atoms with Gasteiger partial charge in [-0.15, -0.1) is 0 Å². The molecule has 0 unspecified atom stereocenters. The van der Waals surface area contributed by atoms with Crippen LogP contribution < -0.4 is 4.90 Å². The Morgan fingerprint density at radius 2 is 2.22 bits per heavy atom. The first-order valence-corrected chi connectivity index (χ1v) is 7.80. The van der Waals surface area contributed by atoms with Gasteiger partial charge in [-0.1, -0.05) is 6.07 Å². The normalized spacial score (nSPS) is 14.7. The Morgan fingerprint density at radius 1 is 1.43 bits per heavy atom. The number of aromatic nitrogens is 1. The van der Waals surface area contributed by atoms with Gasteiger partial charge in [0.2, 0.25) is 0 Å². The molecule has 0 bridgehead atoms. The summed E-state index contributed by atoms with van der Waals surface area (Å²) in [5.41, 5.74) is 1.19. The highest BCUT2D eigenvalue weighted by molar-refractivity contribution is 5.88. The molecule has 1 N–H and O–H groups in total. The Labute approximate surface area is 136 Å². The maximum atomic E-state index is 12.4. The summed E-state index contributed by atoms with van der Waals surface area (Å²) >= 11 is 0. The Morgan fingerprint density at radius 3 is 2.91 bits per heavy atom. The van der Waals surface area contributed by atoms with Crippen molar-refractivity contribution in [1.29, 1.82) is 0 Å². The fraction of sp³-hybridized carbons (Fsp3) is 0.529. The van der Waals surface area contributed by atoms with Crippen molar-refractivity contribution < 1.29 is 19.4 Å². The second-order valence-electron chi connectivity index (χ2n) is 6.35. The number of anilines is 1. The van der Waals surface area contributed by atoms with E-state index in [4.69, 9.17) is 14.6 Å². The predicted octanol–water partition coefficient (Wildman–Crippen LogP) is 2.75. The van der Waals surface area contributed by atoms with Crippen LogP contribution in [-0.2, 0) is 15.9 Å². The molecule has 6 heteroatoms. The van der Waals surface area contributed by atoms with Gasteiger partial charge in [0, 0.05) is 6.54 Å². The molecule has 0 aliphatic carbocycles. The number of pyridine rings is 1. The van der Waals surface area contributed by atoms with Crippen molar-refractivity contribution in [1.82, 2.24) is 4.98 Å². The fourth-order valence-corrected chi connectivity index (χ4v) is 2.28. The van der Waals surface area contributed by atoms with Gasteiger partial charge < -0.3 is 14.6 Å². The van der Waals surface area contributed by atoms with Crippen LogP contribution in [0.5, 0.6) is 0 Å². The number of nitrogens with zero attached hydrogens (tertiary/aromatic N) is 2. The third kappa shape index (κ3) is 4.96. The maximum Gasteiger partial charge on any atom is 0.416 e. The van der Waals surface area contributed by atoms with Gasteiger partial charge in [0.15, 0.2) is 0 Å². The van der Waals surface area contributed by atoms with Crippen molar-refractivity contribution in [3.63, 3.8) is 0 Å². The number of ether oxygens (including phenoxy) is 2. The van der Waals surface area contributed by atoms with Gasteiger partial charge in [-0.05, 0) is 51.3 Å². The van der Waals surface area contributed by atoms with Crippen LogP contribution >= 0.6 is 0 Å². The van der Waals surface area contributed by atoms with Gasteiger partial charge in [-0.2, -0.15) is 0 Å². The lowest BCUT2D eigenvalue weighted by molar-refractivity contribution is 0.0576. The molecule has 1 aromatic heterocycles. The van der Waals surface area contributed by atoms with Crippen LogP contribution in [0.3, 0.4) is 0 Å². The second kappa shape index (κ2) is 7.46. The molecule has 126 valence electrons. The molecule has 0 saturated heterocycles. The lowest BCUT2D eigenvalue weighted by Crippen LogP contribution is -2.40. The number of rotatable bonds is 4. The molecule has 0 radical (unpaired) electrons. The van der Waals surface area contributed by atoms with E-state index in [0.29, 0.717) is 18.1 Å². The number of hydrogen-bond acceptors (Lipinski definition) is 5. The highest BCUT2D eigenvalue weighted by Gasteiger charge is 2.28. The van der Waals surface area contributed by atoms with E-state index in [9.17, 15) is 4.79 Å². The number of aliphatic hydroxyl groups excluding tert-OH is 1. The Hall–Kier alpha value is -2.08.